The second-order valence-electron chi connectivity index (χ2n) is 4.02. The van der Waals surface area contributed by atoms with E-state index in [4.69, 9.17) is 4.74 Å². The van der Waals surface area contributed by atoms with Gasteiger partial charge < -0.3 is 4.74 Å². The highest BCUT2D eigenvalue weighted by atomic mass is 32.2. The summed E-state index contributed by atoms with van der Waals surface area (Å²) in [5.41, 5.74) is 0. The van der Waals surface area contributed by atoms with Crippen molar-refractivity contribution >= 4 is 17.7 Å². The molecule has 102 valence electrons. The fourth-order valence-corrected chi connectivity index (χ4v) is 1.95. The van der Waals surface area contributed by atoms with Crippen LogP contribution in [0.1, 0.15) is 39.5 Å². The second kappa shape index (κ2) is 8.66. The van der Waals surface area contributed by atoms with Crippen LogP contribution in [0.15, 0.2) is 0 Å². The average Bonchev–Trinajstić information content (AvgIpc) is 2.13. The molecule has 6 heteroatoms. The highest BCUT2D eigenvalue weighted by Gasteiger charge is 2.25. The van der Waals surface area contributed by atoms with Gasteiger partial charge in [-0.2, -0.15) is 24.9 Å². The maximum absolute atomic E-state index is 11.8. The summed E-state index contributed by atoms with van der Waals surface area (Å²) in [4.78, 5) is 11.1. The van der Waals surface area contributed by atoms with Crippen molar-refractivity contribution < 1.29 is 22.7 Å². The molecule has 0 bridgehead atoms. The number of hydrogen-bond acceptors (Lipinski definition) is 3. The summed E-state index contributed by atoms with van der Waals surface area (Å²) < 4.78 is 40.3. The maximum Gasteiger partial charge on any atom is 0.389 e. The lowest BCUT2D eigenvalue weighted by Gasteiger charge is -2.07. The van der Waals surface area contributed by atoms with Gasteiger partial charge in [0.25, 0.3) is 0 Å². The number of esters is 1. The quantitative estimate of drug-likeness (QED) is 0.496. The van der Waals surface area contributed by atoms with E-state index < -0.39 is 12.6 Å². The van der Waals surface area contributed by atoms with E-state index in [1.54, 1.807) is 13.8 Å². The van der Waals surface area contributed by atoms with Gasteiger partial charge in [0.1, 0.15) is 0 Å². The Labute approximate surface area is 104 Å². The predicted octanol–water partition coefficient (Wildman–Crippen LogP) is 3.79. The minimum atomic E-state index is -4.05. The third-order valence-corrected chi connectivity index (χ3v) is 2.85. The molecule has 17 heavy (non-hydrogen) atoms. The first-order chi connectivity index (χ1) is 7.81. The molecule has 0 atom stereocenters. The minimum Gasteiger partial charge on any atom is -0.462 e. The van der Waals surface area contributed by atoms with Crippen molar-refractivity contribution in [3.8, 4) is 0 Å². The van der Waals surface area contributed by atoms with E-state index in [1.807, 2.05) is 0 Å². The molecule has 2 nitrogen and oxygen atoms in total. The molecular weight excluding hydrogens is 253 g/mol. The van der Waals surface area contributed by atoms with E-state index in [0.29, 0.717) is 18.6 Å². The third-order valence-electron chi connectivity index (χ3n) is 1.84. The number of ether oxygens (including phenoxy) is 1. The van der Waals surface area contributed by atoms with Crippen molar-refractivity contribution in [2.24, 2.45) is 0 Å². The van der Waals surface area contributed by atoms with Crippen LogP contribution in [0.25, 0.3) is 0 Å². The van der Waals surface area contributed by atoms with E-state index in [2.05, 4.69) is 0 Å². The SMILES string of the molecule is CC(C)OC(=O)CSCCCCCC(F)(F)F. The molecule has 0 rings (SSSR count). The molecule has 0 aliphatic carbocycles. The van der Waals surface area contributed by atoms with Gasteiger partial charge in [-0.1, -0.05) is 6.42 Å². The summed E-state index contributed by atoms with van der Waals surface area (Å²) in [5.74, 6) is 0.711. The molecule has 0 spiro atoms. The van der Waals surface area contributed by atoms with Crippen LogP contribution in [0, 0.1) is 0 Å². The number of hydrogen-bond donors (Lipinski definition) is 0. The third kappa shape index (κ3) is 13.5. The van der Waals surface area contributed by atoms with Crippen molar-refractivity contribution in [1.82, 2.24) is 0 Å². The van der Waals surface area contributed by atoms with Gasteiger partial charge in [-0.05, 0) is 32.4 Å². The molecule has 0 saturated heterocycles. The Morgan fingerprint density at radius 3 is 2.41 bits per heavy atom. The molecule has 0 unspecified atom stereocenters. The summed E-state index contributed by atoms with van der Waals surface area (Å²) in [6.45, 7) is 3.55. The summed E-state index contributed by atoms with van der Waals surface area (Å²) in [6, 6.07) is 0. The summed E-state index contributed by atoms with van der Waals surface area (Å²) >= 11 is 1.41. The van der Waals surface area contributed by atoms with Crippen LogP contribution in [-0.2, 0) is 9.53 Å². The van der Waals surface area contributed by atoms with Crippen LogP contribution < -0.4 is 0 Å². The first-order valence-corrected chi connectivity index (χ1v) is 6.80. The van der Waals surface area contributed by atoms with Gasteiger partial charge >= 0.3 is 12.1 Å². The summed E-state index contributed by atoms with van der Waals surface area (Å²) in [5, 5.41) is 0. The number of carbonyl (C=O) groups is 1. The van der Waals surface area contributed by atoms with Crippen LogP contribution in [0.2, 0.25) is 0 Å². The Morgan fingerprint density at radius 2 is 1.88 bits per heavy atom. The molecule has 0 aliphatic heterocycles. The van der Waals surface area contributed by atoms with Gasteiger partial charge in [-0.15, -0.1) is 0 Å². The lowest BCUT2D eigenvalue weighted by atomic mass is 10.2. The molecule has 0 N–H and O–H groups in total. The van der Waals surface area contributed by atoms with Gasteiger partial charge in [0, 0.05) is 6.42 Å². The molecule has 0 aromatic carbocycles. The molecule has 0 aromatic heterocycles. The molecule has 0 heterocycles. The summed E-state index contributed by atoms with van der Waals surface area (Å²) in [7, 11) is 0. The Hall–Kier alpha value is -0.390. The number of thioether (sulfide) groups is 1. The standard InChI is InChI=1S/C11H19F3O2S/c1-9(2)16-10(15)8-17-7-5-3-4-6-11(12,13)14/h9H,3-8H2,1-2H3. The molecular formula is C11H19F3O2S. The van der Waals surface area contributed by atoms with Crippen LogP contribution >= 0.6 is 11.8 Å². The Morgan fingerprint density at radius 1 is 1.24 bits per heavy atom. The van der Waals surface area contributed by atoms with Crippen molar-refractivity contribution in [2.75, 3.05) is 11.5 Å². The van der Waals surface area contributed by atoms with Gasteiger partial charge in [-0.25, -0.2) is 0 Å². The lowest BCUT2D eigenvalue weighted by Crippen LogP contribution is -2.13. The smallest absolute Gasteiger partial charge is 0.389 e. The van der Waals surface area contributed by atoms with Crippen molar-refractivity contribution in [3.05, 3.63) is 0 Å². The highest BCUT2D eigenvalue weighted by Crippen LogP contribution is 2.22. The van der Waals surface area contributed by atoms with Crippen molar-refractivity contribution in [2.45, 2.75) is 51.8 Å². The van der Waals surface area contributed by atoms with Gasteiger partial charge in [0.05, 0.1) is 11.9 Å². The molecule has 0 aliphatic rings. The zero-order valence-electron chi connectivity index (χ0n) is 10.2. The Bertz CT molecular complexity index is 217. The molecule has 0 amide bonds. The highest BCUT2D eigenvalue weighted by molar-refractivity contribution is 7.99. The lowest BCUT2D eigenvalue weighted by molar-refractivity contribution is -0.144. The van der Waals surface area contributed by atoms with Gasteiger partial charge in [-0.3, -0.25) is 4.79 Å². The van der Waals surface area contributed by atoms with Crippen LogP contribution in [0.4, 0.5) is 13.2 Å². The van der Waals surface area contributed by atoms with Crippen molar-refractivity contribution in [3.63, 3.8) is 0 Å². The number of carbonyl (C=O) groups excluding carboxylic acids is 1. The minimum absolute atomic E-state index is 0.116. The van der Waals surface area contributed by atoms with Gasteiger partial charge in [0.15, 0.2) is 0 Å². The topological polar surface area (TPSA) is 26.3 Å². The van der Waals surface area contributed by atoms with E-state index in [0.717, 1.165) is 0 Å². The fraction of sp³-hybridized carbons (Fsp3) is 0.909. The van der Waals surface area contributed by atoms with E-state index >= 15 is 0 Å². The van der Waals surface area contributed by atoms with Crippen LogP contribution in [0.3, 0.4) is 0 Å². The van der Waals surface area contributed by atoms with E-state index in [1.165, 1.54) is 11.8 Å². The molecule has 0 fully saturated rings. The number of alkyl halides is 3. The van der Waals surface area contributed by atoms with E-state index in [-0.39, 0.29) is 24.2 Å². The second-order valence-corrected chi connectivity index (χ2v) is 5.12. The predicted molar refractivity (Wildman–Crippen MR) is 63.1 cm³/mol. The van der Waals surface area contributed by atoms with Gasteiger partial charge in [0.2, 0.25) is 0 Å². The zero-order chi connectivity index (χ0) is 13.3. The first-order valence-electron chi connectivity index (χ1n) is 5.65. The normalized spacial score (nSPS) is 11.9. The average molecular weight is 272 g/mol. The van der Waals surface area contributed by atoms with E-state index in [9.17, 15) is 18.0 Å². The maximum atomic E-state index is 11.8. The monoisotopic (exact) mass is 272 g/mol. The summed E-state index contributed by atoms with van der Waals surface area (Å²) in [6.07, 6.45) is -3.46. The molecule has 0 radical (unpaired) electrons. The number of unbranched alkanes of at least 4 members (excludes halogenated alkanes) is 2. The van der Waals surface area contributed by atoms with Crippen molar-refractivity contribution in [1.29, 1.82) is 0 Å². The first kappa shape index (κ1) is 16.6. The van der Waals surface area contributed by atoms with Crippen LogP contribution in [0.5, 0.6) is 0 Å². The molecule has 0 saturated carbocycles. The fourth-order valence-electron chi connectivity index (χ4n) is 1.16. The number of halogens is 3. The largest absolute Gasteiger partial charge is 0.462 e. The Kier molecular flexibility index (Phi) is 8.47. The van der Waals surface area contributed by atoms with Crippen LogP contribution in [-0.4, -0.2) is 29.8 Å². The molecule has 0 aromatic rings. The Balaban J connectivity index is 3.27. The number of rotatable bonds is 8. The zero-order valence-corrected chi connectivity index (χ0v) is 11.0.